The van der Waals surface area contributed by atoms with E-state index in [4.69, 9.17) is 14.0 Å². The van der Waals surface area contributed by atoms with Crippen molar-refractivity contribution in [1.29, 1.82) is 0 Å². The third kappa shape index (κ3) is 4.44. The summed E-state index contributed by atoms with van der Waals surface area (Å²) in [4.78, 5) is 2.53. The Labute approximate surface area is 159 Å². The molecule has 1 atom stereocenters. The van der Waals surface area contributed by atoms with Crippen LogP contribution in [-0.4, -0.2) is 49.5 Å². The Morgan fingerprint density at radius 3 is 2.62 bits per heavy atom. The highest BCUT2D eigenvalue weighted by atomic mass is 16.7. The van der Waals surface area contributed by atoms with Crippen molar-refractivity contribution in [3.05, 3.63) is 24.3 Å². The van der Waals surface area contributed by atoms with Crippen LogP contribution in [0.5, 0.6) is 5.75 Å². The molecule has 1 unspecified atom stereocenters. The van der Waals surface area contributed by atoms with Crippen LogP contribution in [0.2, 0.25) is 0 Å². The summed E-state index contributed by atoms with van der Waals surface area (Å²) in [7, 11) is -0.336. The Kier molecular flexibility index (Phi) is 6.00. The topological polar surface area (TPSA) is 30.9 Å². The monoisotopic (exact) mass is 359 g/mol. The number of likely N-dealkylation sites (tertiary alicyclic amines) is 1. The fourth-order valence-electron chi connectivity index (χ4n) is 3.78. The predicted molar refractivity (Wildman–Crippen MR) is 107 cm³/mol. The smallest absolute Gasteiger partial charge is 0.492 e. The third-order valence-electron chi connectivity index (χ3n) is 6.13. The van der Waals surface area contributed by atoms with E-state index in [0.717, 1.165) is 30.3 Å². The molecule has 1 aromatic carbocycles. The van der Waals surface area contributed by atoms with E-state index in [2.05, 4.69) is 39.5 Å². The fourth-order valence-corrected chi connectivity index (χ4v) is 3.78. The first-order valence-corrected chi connectivity index (χ1v) is 10.1. The first kappa shape index (κ1) is 19.7. The Bertz CT molecular complexity index is 589. The lowest BCUT2D eigenvalue weighted by Crippen LogP contribution is -2.41. The minimum absolute atomic E-state index is 0.320. The summed E-state index contributed by atoms with van der Waals surface area (Å²) in [6, 6.07) is 8.12. The maximum absolute atomic E-state index is 6.14. The minimum Gasteiger partial charge on any atom is -0.492 e. The first-order valence-electron chi connectivity index (χ1n) is 10.1. The summed E-state index contributed by atoms with van der Waals surface area (Å²) in [6.07, 6.45) is 3.99. The predicted octanol–water partition coefficient (Wildman–Crippen LogP) is 3.49. The zero-order valence-electron chi connectivity index (χ0n) is 17.1. The molecule has 2 aliphatic heterocycles. The summed E-state index contributed by atoms with van der Waals surface area (Å²) in [6.45, 7) is 14.8. The molecule has 5 heteroatoms. The lowest BCUT2D eigenvalue weighted by atomic mass is 9.79. The molecular formula is C21H34BNO3. The molecule has 0 aromatic heterocycles. The molecule has 4 nitrogen and oxygen atoms in total. The Balaban J connectivity index is 1.51. The quantitative estimate of drug-likeness (QED) is 0.698. The van der Waals surface area contributed by atoms with E-state index in [0.29, 0.717) is 0 Å². The number of hydrogen-bond acceptors (Lipinski definition) is 4. The lowest BCUT2D eigenvalue weighted by Gasteiger charge is -2.32. The second kappa shape index (κ2) is 7.91. The zero-order valence-corrected chi connectivity index (χ0v) is 17.1. The van der Waals surface area contributed by atoms with Gasteiger partial charge in [-0.2, -0.15) is 0 Å². The molecule has 0 bridgehead atoms. The van der Waals surface area contributed by atoms with Gasteiger partial charge in [0, 0.05) is 13.1 Å². The van der Waals surface area contributed by atoms with Gasteiger partial charge >= 0.3 is 7.12 Å². The molecule has 26 heavy (non-hydrogen) atoms. The van der Waals surface area contributed by atoms with Gasteiger partial charge in [0.05, 0.1) is 11.2 Å². The molecule has 0 amide bonds. The lowest BCUT2D eigenvalue weighted by molar-refractivity contribution is 0.00578. The summed E-state index contributed by atoms with van der Waals surface area (Å²) in [5.41, 5.74) is 0.379. The molecular weight excluding hydrogens is 325 g/mol. The van der Waals surface area contributed by atoms with Crippen molar-refractivity contribution in [2.45, 2.75) is 65.1 Å². The Morgan fingerprint density at radius 1 is 1.19 bits per heavy atom. The molecule has 0 N–H and O–H groups in total. The molecule has 2 aliphatic rings. The molecule has 1 aromatic rings. The maximum atomic E-state index is 6.14. The van der Waals surface area contributed by atoms with Gasteiger partial charge in [-0.05, 0) is 70.6 Å². The van der Waals surface area contributed by atoms with Crippen LogP contribution in [0.1, 0.15) is 53.9 Å². The van der Waals surface area contributed by atoms with Crippen LogP contribution < -0.4 is 10.2 Å². The SMILES string of the molecule is CCCC1CCN(CCOc2cccc(B3OC(C)(C)C(C)(C)O3)c2)C1. The van der Waals surface area contributed by atoms with Crippen molar-refractivity contribution >= 4 is 12.6 Å². The van der Waals surface area contributed by atoms with Crippen molar-refractivity contribution < 1.29 is 14.0 Å². The van der Waals surface area contributed by atoms with E-state index in [9.17, 15) is 0 Å². The summed E-state index contributed by atoms with van der Waals surface area (Å²) in [5, 5.41) is 0. The molecule has 0 aliphatic carbocycles. The summed E-state index contributed by atoms with van der Waals surface area (Å²) < 4.78 is 18.3. The molecule has 3 rings (SSSR count). The van der Waals surface area contributed by atoms with Gasteiger partial charge in [-0.3, -0.25) is 4.90 Å². The Morgan fingerprint density at radius 2 is 1.92 bits per heavy atom. The molecule has 2 saturated heterocycles. The van der Waals surface area contributed by atoms with Crippen molar-refractivity contribution in [3.63, 3.8) is 0 Å². The van der Waals surface area contributed by atoms with Gasteiger partial charge in [0.2, 0.25) is 0 Å². The van der Waals surface area contributed by atoms with Crippen LogP contribution in [0.4, 0.5) is 0 Å². The minimum atomic E-state index is -0.336. The molecule has 2 heterocycles. The number of rotatable bonds is 7. The molecule has 0 radical (unpaired) electrons. The summed E-state index contributed by atoms with van der Waals surface area (Å²) in [5.74, 6) is 1.77. The number of benzene rings is 1. The number of ether oxygens (including phenoxy) is 1. The van der Waals surface area contributed by atoms with Gasteiger partial charge in [0.25, 0.3) is 0 Å². The second-order valence-electron chi connectivity index (χ2n) is 8.75. The van der Waals surface area contributed by atoms with E-state index in [1.54, 1.807) is 0 Å². The standard InChI is InChI=1S/C21H34BNO3/c1-6-8-17-11-12-23(16-17)13-14-24-19-10-7-9-18(15-19)22-25-20(2,3)21(4,5)26-22/h7,9-10,15,17H,6,8,11-14,16H2,1-5H3. The van der Waals surface area contributed by atoms with E-state index in [1.165, 1.54) is 32.4 Å². The van der Waals surface area contributed by atoms with Crippen LogP contribution in [0, 0.1) is 5.92 Å². The van der Waals surface area contributed by atoms with Gasteiger partial charge in [0.1, 0.15) is 12.4 Å². The van der Waals surface area contributed by atoms with Gasteiger partial charge in [0.15, 0.2) is 0 Å². The van der Waals surface area contributed by atoms with E-state index in [1.807, 2.05) is 24.3 Å². The van der Waals surface area contributed by atoms with Crippen LogP contribution in [0.25, 0.3) is 0 Å². The third-order valence-corrected chi connectivity index (χ3v) is 6.13. The van der Waals surface area contributed by atoms with Crippen molar-refractivity contribution in [2.75, 3.05) is 26.2 Å². The second-order valence-corrected chi connectivity index (χ2v) is 8.75. The van der Waals surface area contributed by atoms with Crippen LogP contribution >= 0.6 is 0 Å². The highest BCUT2D eigenvalue weighted by molar-refractivity contribution is 6.62. The van der Waals surface area contributed by atoms with E-state index in [-0.39, 0.29) is 18.3 Å². The van der Waals surface area contributed by atoms with Crippen LogP contribution in [0.15, 0.2) is 24.3 Å². The largest absolute Gasteiger partial charge is 0.494 e. The highest BCUT2D eigenvalue weighted by Crippen LogP contribution is 2.36. The molecule has 144 valence electrons. The van der Waals surface area contributed by atoms with Crippen molar-refractivity contribution in [2.24, 2.45) is 5.92 Å². The summed E-state index contributed by atoms with van der Waals surface area (Å²) >= 11 is 0. The number of hydrogen-bond donors (Lipinski definition) is 0. The highest BCUT2D eigenvalue weighted by Gasteiger charge is 2.51. The molecule has 0 spiro atoms. The fraction of sp³-hybridized carbons (Fsp3) is 0.714. The van der Waals surface area contributed by atoms with Crippen LogP contribution in [0.3, 0.4) is 0 Å². The van der Waals surface area contributed by atoms with Gasteiger partial charge < -0.3 is 14.0 Å². The van der Waals surface area contributed by atoms with Crippen molar-refractivity contribution in [3.8, 4) is 5.75 Å². The van der Waals surface area contributed by atoms with Gasteiger partial charge in [-0.1, -0.05) is 25.5 Å². The van der Waals surface area contributed by atoms with E-state index >= 15 is 0 Å². The average molecular weight is 359 g/mol. The van der Waals surface area contributed by atoms with E-state index < -0.39 is 0 Å². The normalized spacial score (nSPS) is 25.0. The number of nitrogens with zero attached hydrogens (tertiary/aromatic N) is 1. The maximum Gasteiger partial charge on any atom is 0.494 e. The van der Waals surface area contributed by atoms with Crippen molar-refractivity contribution in [1.82, 2.24) is 4.90 Å². The Hall–Kier alpha value is -1.04. The molecule has 0 saturated carbocycles. The average Bonchev–Trinajstić information content (AvgIpc) is 3.10. The van der Waals surface area contributed by atoms with Gasteiger partial charge in [-0.25, -0.2) is 0 Å². The van der Waals surface area contributed by atoms with Crippen LogP contribution in [-0.2, 0) is 9.31 Å². The first-order chi connectivity index (χ1) is 12.3. The molecule has 2 fully saturated rings. The zero-order chi connectivity index (χ0) is 18.8. The van der Waals surface area contributed by atoms with Gasteiger partial charge in [-0.15, -0.1) is 0 Å².